The molecule has 0 aliphatic heterocycles. The predicted octanol–water partition coefficient (Wildman–Crippen LogP) is 3.01. The molecule has 8 nitrogen and oxygen atoms in total. The Bertz CT molecular complexity index is 953. The monoisotopic (exact) mass is 397 g/mol. The van der Waals surface area contributed by atoms with Crippen LogP contribution < -0.4 is 19.5 Å². The van der Waals surface area contributed by atoms with Gasteiger partial charge in [-0.2, -0.15) is 4.98 Å². The average molecular weight is 397 g/mol. The molecule has 1 heterocycles. The highest BCUT2D eigenvalue weighted by Crippen LogP contribution is 2.31. The Balaban J connectivity index is 1.52. The number of ether oxygens (including phenoxy) is 3. The summed E-state index contributed by atoms with van der Waals surface area (Å²) in [6.07, 6.45) is 0.610. The molecule has 2 aromatic carbocycles. The number of hydrogen-bond acceptors (Lipinski definition) is 7. The second kappa shape index (κ2) is 9.59. The fourth-order valence-corrected chi connectivity index (χ4v) is 2.70. The van der Waals surface area contributed by atoms with Crippen molar-refractivity contribution in [3.63, 3.8) is 0 Å². The zero-order valence-corrected chi connectivity index (χ0v) is 16.6. The lowest BCUT2D eigenvalue weighted by Crippen LogP contribution is -2.23. The minimum Gasteiger partial charge on any atom is -0.497 e. The van der Waals surface area contributed by atoms with E-state index in [1.165, 1.54) is 0 Å². The maximum absolute atomic E-state index is 12.1. The van der Waals surface area contributed by atoms with Gasteiger partial charge in [0.05, 0.1) is 21.3 Å². The van der Waals surface area contributed by atoms with Crippen LogP contribution in [0.2, 0.25) is 0 Å². The standard InChI is InChI=1S/C21H23N3O5/c1-26-16-7-4-14(5-8-16)13-22-19(25)10-11-20-23-21(24-29-20)15-6-9-17(27-2)18(12-15)28-3/h4-9,12H,10-11,13H2,1-3H3,(H,22,25). The molecule has 152 valence electrons. The van der Waals surface area contributed by atoms with E-state index >= 15 is 0 Å². The van der Waals surface area contributed by atoms with Gasteiger partial charge in [0.25, 0.3) is 0 Å². The maximum atomic E-state index is 12.1. The summed E-state index contributed by atoms with van der Waals surface area (Å²) in [4.78, 5) is 16.4. The average Bonchev–Trinajstić information content (AvgIpc) is 3.25. The number of rotatable bonds is 9. The molecule has 1 aromatic heterocycles. The van der Waals surface area contributed by atoms with E-state index in [-0.39, 0.29) is 12.3 Å². The normalized spacial score (nSPS) is 10.4. The van der Waals surface area contributed by atoms with Crippen LogP contribution in [0.15, 0.2) is 47.0 Å². The molecule has 1 N–H and O–H groups in total. The van der Waals surface area contributed by atoms with Crippen molar-refractivity contribution >= 4 is 5.91 Å². The van der Waals surface area contributed by atoms with Crippen molar-refractivity contribution in [2.24, 2.45) is 0 Å². The van der Waals surface area contributed by atoms with Gasteiger partial charge in [-0.3, -0.25) is 4.79 Å². The van der Waals surface area contributed by atoms with Crippen molar-refractivity contribution in [1.82, 2.24) is 15.5 Å². The lowest BCUT2D eigenvalue weighted by atomic mass is 10.2. The number of carbonyl (C=O) groups is 1. The van der Waals surface area contributed by atoms with Gasteiger partial charge in [-0.05, 0) is 35.9 Å². The van der Waals surface area contributed by atoms with Crippen molar-refractivity contribution in [2.75, 3.05) is 21.3 Å². The number of methoxy groups -OCH3 is 3. The third-order valence-corrected chi connectivity index (χ3v) is 4.32. The summed E-state index contributed by atoms with van der Waals surface area (Å²) in [6, 6.07) is 12.9. The molecule has 0 aliphatic rings. The lowest BCUT2D eigenvalue weighted by Gasteiger charge is -2.07. The van der Waals surface area contributed by atoms with Crippen LogP contribution in [-0.4, -0.2) is 37.4 Å². The van der Waals surface area contributed by atoms with E-state index in [2.05, 4.69) is 15.5 Å². The molecule has 1 amide bonds. The van der Waals surface area contributed by atoms with E-state index in [4.69, 9.17) is 18.7 Å². The Kier molecular flexibility index (Phi) is 6.67. The van der Waals surface area contributed by atoms with Crippen molar-refractivity contribution in [2.45, 2.75) is 19.4 Å². The predicted molar refractivity (Wildman–Crippen MR) is 106 cm³/mol. The number of aromatic nitrogens is 2. The Labute approximate surface area is 168 Å². The van der Waals surface area contributed by atoms with Crippen LogP contribution >= 0.6 is 0 Å². The first-order valence-electron chi connectivity index (χ1n) is 9.07. The van der Waals surface area contributed by atoms with Crippen LogP contribution in [0.1, 0.15) is 17.9 Å². The number of nitrogens with one attached hydrogen (secondary N) is 1. The molecule has 0 saturated heterocycles. The highest BCUT2D eigenvalue weighted by Gasteiger charge is 2.13. The summed E-state index contributed by atoms with van der Waals surface area (Å²) >= 11 is 0. The molecule has 0 radical (unpaired) electrons. The summed E-state index contributed by atoms with van der Waals surface area (Å²) in [5, 5.41) is 6.85. The summed E-state index contributed by atoms with van der Waals surface area (Å²) in [5.74, 6) is 2.71. The quantitative estimate of drug-likeness (QED) is 0.593. The third kappa shape index (κ3) is 5.25. The first-order valence-corrected chi connectivity index (χ1v) is 9.07. The Morgan fingerprint density at radius 3 is 2.45 bits per heavy atom. The number of benzene rings is 2. The second-order valence-corrected chi connectivity index (χ2v) is 6.21. The smallest absolute Gasteiger partial charge is 0.227 e. The van der Waals surface area contributed by atoms with Crippen molar-refractivity contribution in [3.05, 3.63) is 53.9 Å². The van der Waals surface area contributed by atoms with Gasteiger partial charge in [0.2, 0.25) is 17.6 Å². The molecule has 0 spiro atoms. The minimum absolute atomic E-state index is 0.0910. The fraction of sp³-hybridized carbons (Fsp3) is 0.286. The first-order chi connectivity index (χ1) is 14.1. The summed E-state index contributed by atoms with van der Waals surface area (Å²) < 4.78 is 20.9. The summed E-state index contributed by atoms with van der Waals surface area (Å²) in [5.41, 5.74) is 1.73. The van der Waals surface area contributed by atoms with E-state index in [1.54, 1.807) is 33.5 Å². The van der Waals surface area contributed by atoms with Crippen LogP contribution in [0.25, 0.3) is 11.4 Å². The van der Waals surface area contributed by atoms with Crippen molar-refractivity contribution in [3.8, 4) is 28.6 Å². The Morgan fingerprint density at radius 1 is 1.00 bits per heavy atom. The van der Waals surface area contributed by atoms with Crippen LogP contribution in [0.4, 0.5) is 0 Å². The highest BCUT2D eigenvalue weighted by molar-refractivity contribution is 5.76. The van der Waals surface area contributed by atoms with Gasteiger partial charge in [0.15, 0.2) is 11.5 Å². The fourth-order valence-electron chi connectivity index (χ4n) is 2.70. The zero-order valence-electron chi connectivity index (χ0n) is 16.6. The lowest BCUT2D eigenvalue weighted by molar-refractivity contribution is -0.121. The Morgan fingerprint density at radius 2 is 1.76 bits per heavy atom. The van der Waals surface area contributed by atoms with Crippen LogP contribution in [0.5, 0.6) is 17.2 Å². The number of aryl methyl sites for hydroxylation is 1. The van der Waals surface area contributed by atoms with E-state index in [1.807, 2.05) is 30.3 Å². The number of nitrogens with zero attached hydrogens (tertiary/aromatic N) is 2. The summed E-state index contributed by atoms with van der Waals surface area (Å²) in [7, 11) is 4.75. The van der Waals surface area contributed by atoms with Gasteiger partial charge >= 0.3 is 0 Å². The topological polar surface area (TPSA) is 95.7 Å². The molecule has 0 unspecified atom stereocenters. The van der Waals surface area contributed by atoms with E-state index < -0.39 is 0 Å². The molecular formula is C21H23N3O5. The molecular weight excluding hydrogens is 374 g/mol. The SMILES string of the molecule is COc1ccc(CNC(=O)CCc2nc(-c3ccc(OC)c(OC)c3)no2)cc1. The largest absolute Gasteiger partial charge is 0.497 e. The molecule has 3 rings (SSSR count). The first kappa shape index (κ1) is 20.2. The Hall–Kier alpha value is -3.55. The van der Waals surface area contributed by atoms with Crippen molar-refractivity contribution in [1.29, 1.82) is 0 Å². The number of hydrogen-bond donors (Lipinski definition) is 1. The van der Waals surface area contributed by atoms with Gasteiger partial charge in [0.1, 0.15) is 5.75 Å². The van der Waals surface area contributed by atoms with Crippen molar-refractivity contribution < 1.29 is 23.5 Å². The third-order valence-electron chi connectivity index (χ3n) is 4.32. The highest BCUT2D eigenvalue weighted by atomic mass is 16.5. The molecule has 3 aromatic rings. The van der Waals surface area contributed by atoms with Gasteiger partial charge in [-0.15, -0.1) is 0 Å². The number of amides is 1. The molecule has 8 heteroatoms. The number of carbonyl (C=O) groups excluding carboxylic acids is 1. The molecule has 29 heavy (non-hydrogen) atoms. The van der Waals surface area contributed by atoms with Crippen LogP contribution in [-0.2, 0) is 17.8 Å². The molecule has 0 aliphatic carbocycles. The van der Waals surface area contributed by atoms with E-state index in [0.29, 0.717) is 36.2 Å². The van der Waals surface area contributed by atoms with E-state index in [0.717, 1.165) is 16.9 Å². The van der Waals surface area contributed by atoms with E-state index in [9.17, 15) is 4.79 Å². The zero-order chi connectivity index (χ0) is 20.6. The maximum Gasteiger partial charge on any atom is 0.227 e. The van der Waals surface area contributed by atoms with Gasteiger partial charge < -0.3 is 24.1 Å². The molecule has 0 bridgehead atoms. The molecule has 0 saturated carbocycles. The summed E-state index contributed by atoms with van der Waals surface area (Å²) in [6.45, 7) is 0.448. The van der Waals surface area contributed by atoms with Gasteiger partial charge in [0, 0.05) is 24.9 Å². The van der Waals surface area contributed by atoms with Crippen LogP contribution in [0.3, 0.4) is 0 Å². The molecule has 0 atom stereocenters. The minimum atomic E-state index is -0.0910. The second-order valence-electron chi connectivity index (χ2n) is 6.21. The molecule has 0 fully saturated rings. The van der Waals surface area contributed by atoms with Crippen LogP contribution in [0, 0.1) is 0 Å². The van der Waals surface area contributed by atoms with Gasteiger partial charge in [-0.1, -0.05) is 17.3 Å². The van der Waals surface area contributed by atoms with Gasteiger partial charge in [-0.25, -0.2) is 0 Å².